The Morgan fingerprint density at radius 3 is 2.60 bits per heavy atom. The van der Waals surface area contributed by atoms with E-state index in [9.17, 15) is 4.79 Å². The highest BCUT2D eigenvalue weighted by Gasteiger charge is 2.02. The van der Waals surface area contributed by atoms with E-state index < -0.39 is 0 Å². The van der Waals surface area contributed by atoms with E-state index >= 15 is 0 Å². The molecule has 0 spiro atoms. The molecular formula is C16H15ClN2O. The zero-order valence-corrected chi connectivity index (χ0v) is 11.8. The van der Waals surface area contributed by atoms with Crippen LogP contribution in [0, 0.1) is 0 Å². The third kappa shape index (κ3) is 4.14. The Morgan fingerprint density at radius 1 is 1.15 bits per heavy atom. The molecule has 0 aromatic heterocycles. The minimum absolute atomic E-state index is 0.198. The van der Waals surface area contributed by atoms with Gasteiger partial charge in [-0.05, 0) is 35.9 Å². The first kappa shape index (κ1) is 14.2. The molecule has 0 unspecified atom stereocenters. The van der Waals surface area contributed by atoms with Crippen LogP contribution in [-0.4, -0.2) is 13.0 Å². The normalized spacial score (nSPS) is 10.5. The molecule has 0 aliphatic carbocycles. The summed E-state index contributed by atoms with van der Waals surface area (Å²) in [5, 5.41) is 2.32. The zero-order chi connectivity index (χ0) is 14.4. The second-order valence-electron chi connectivity index (χ2n) is 4.26. The smallest absolute Gasteiger partial charge is 0.262 e. The first-order chi connectivity index (χ1) is 9.65. The van der Waals surface area contributed by atoms with Crippen molar-refractivity contribution in [2.24, 2.45) is 0 Å². The van der Waals surface area contributed by atoms with E-state index in [0.717, 1.165) is 11.3 Å². The molecule has 2 aromatic carbocycles. The van der Waals surface area contributed by atoms with E-state index in [2.05, 4.69) is 5.43 Å². The predicted octanol–water partition coefficient (Wildman–Crippen LogP) is 3.52. The summed E-state index contributed by atoms with van der Waals surface area (Å²) >= 11 is 5.88. The lowest BCUT2D eigenvalue weighted by molar-refractivity contribution is -0.116. The van der Waals surface area contributed by atoms with Crippen molar-refractivity contribution in [3.8, 4) is 0 Å². The maximum absolute atomic E-state index is 11.8. The van der Waals surface area contributed by atoms with Crippen molar-refractivity contribution in [3.63, 3.8) is 0 Å². The van der Waals surface area contributed by atoms with Crippen LogP contribution in [0.5, 0.6) is 0 Å². The number of benzene rings is 2. The number of hydrogen-bond donors (Lipinski definition) is 1. The summed E-state index contributed by atoms with van der Waals surface area (Å²) in [4.78, 5) is 11.8. The summed E-state index contributed by atoms with van der Waals surface area (Å²) in [5.41, 5.74) is 4.55. The van der Waals surface area contributed by atoms with Gasteiger partial charge in [0.05, 0.1) is 5.69 Å². The molecule has 1 amide bonds. The molecule has 102 valence electrons. The maximum atomic E-state index is 11.8. The Kier molecular flexibility index (Phi) is 4.80. The maximum Gasteiger partial charge on any atom is 0.262 e. The first-order valence-electron chi connectivity index (χ1n) is 6.18. The van der Waals surface area contributed by atoms with Gasteiger partial charge >= 0.3 is 0 Å². The third-order valence-corrected chi connectivity index (χ3v) is 2.93. The van der Waals surface area contributed by atoms with Gasteiger partial charge in [-0.3, -0.25) is 15.2 Å². The lowest BCUT2D eigenvalue weighted by atomic mass is 10.2. The van der Waals surface area contributed by atoms with Gasteiger partial charge in [0.15, 0.2) is 0 Å². The van der Waals surface area contributed by atoms with Crippen LogP contribution < -0.4 is 10.4 Å². The van der Waals surface area contributed by atoms with Crippen LogP contribution in [0.1, 0.15) is 5.56 Å². The number of anilines is 1. The average Bonchev–Trinajstić information content (AvgIpc) is 2.46. The molecule has 3 nitrogen and oxygen atoms in total. The highest BCUT2D eigenvalue weighted by molar-refractivity contribution is 6.30. The highest BCUT2D eigenvalue weighted by atomic mass is 35.5. The van der Waals surface area contributed by atoms with Gasteiger partial charge in [-0.25, -0.2) is 0 Å². The molecule has 20 heavy (non-hydrogen) atoms. The molecule has 0 fully saturated rings. The number of para-hydroxylation sites is 1. The first-order valence-corrected chi connectivity index (χ1v) is 6.56. The molecule has 0 atom stereocenters. The van der Waals surface area contributed by atoms with Crippen LogP contribution in [0.25, 0.3) is 6.08 Å². The molecule has 1 N–H and O–H groups in total. The SMILES string of the molecule is CN(NC(=O)/C=C/c1cccc(Cl)c1)c1ccccc1. The number of hydrogen-bond acceptors (Lipinski definition) is 2. The number of nitrogens with one attached hydrogen (secondary N) is 1. The Morgan fingerprint density at radius 2 is 1.90 bits per heavy atom. The topological polar surface area (TPSA) is 32.3 Å². The van der Waals surface area contributed by atoms with Crippen molar-refractivity contribution in [2.75, 3.05) is 12.1 Å². The summed E-state index contributed by atoms with van der Waals surface area (Å²) < 4.78 is 0. The standard InChI is InChI=1S/C16H15ClN2O/c1-19(15-8-3-2-4-9-15)18-16(20)11-10-13-6-5-7-14(17)12-13/h2-12H,1H3,(H,18,20)/b11-10+. The molecule has 0 bridgehead atoms. The van der Waals surface area contributed by atoms with Crippen molar-refractivity contribution < 1.29 is 4.79 Å². The molecule has 0 saturated carbocycles. The van der Waals surface area contributed by atoms with Gasteiger partial charge in [0.25, 0.3) is 5.91 Å². The third-order valence-electron chi connectivity index (χ3n) is 2.70. The predicted molar refractivity (Wildman–Crippen MR) is 83.5 cm³/mol. The monoisotopic (exact) mass is 286 g/mol. The molecule has 0 aliphatic rings. The minimum Gasteiger partial charge on any atom is -0.288 e. The quantitative estimate of drug-likeness (QED) is 0.689. The molecule has 0 aliphatic heterocycles. The second-order valence-corrected chi connectivity index (χ2v) is 4.70. The number of carbonyl (C=O) groups excluding carboxylic acids is 1. The van der Waals surface area contributed by atoms with Gasteiger partial charge in [-0.1, -0.05) is 41.9 Å². The average molecular weight is 287 g/mol. The van der Waals surface area contributed by atoms with E-state index in [1.165, 1.54) is 6.08 Å². The van der Waals surface area contributed by atoms with Gasteiger partial charge < -0.3 is 0 Å². The number of halogens is 1. The summed E-state index contributed by atoms with van der Waals surface area (Å²) in [5.74, 6) is -0.198. The molecule has 0 saturated heterocycles. The van der Waals surface area contributed by atoms with Crippen LogP contribution in [0.3, 0.4) is 0 Å². The number of carbonyl (C=O) groups is 1. The molecule has 0 radical (unpaired) electrons. The van der Waals surface area contributed by atoms with Crippen molar-refractivity contribution in [1.82, 2.24) is 5.43 Å². The minimum atomic E-state index is -0.198. The fourth-order valence-corrected chi connectivity index (χ4v) is 1.90. The highest BCUT2D eigenvalue weighted by Crippen LogP contribution is 2.12. The van der Waals surface area contributed by atoms with Gasteiger partial charge in [-0.15, -0.1) is 0 Å². The summed E-state index contributed by atoms with van der Waals surface area (Å²) in [6.45, 7) is 0. The zero-order valence-electron chi connectivity index (χ0n) is 11.1. The Balaban J connectivity index is 1.96. The molecule has 4 heteroatoms. The number of amides is 1. The largest absolute Gasteiger partial charge is 0.288 e. The van der Waals surface area contributed by atoms with Gasteiger partial charge in [0.2, 0.25) is 0 Å². The fraction of sp³-hybridized carbons (Fsp3) is 0.0625. The lowest BCUT2D eigenvalue weighted by Crippen LogP contribution is -2.38. The van der Waals surface area contributed by atoms with Crippen molar-refractivity contribution in [3.05, 3.63) is 71.3 Å². The number of hydrazine groups is 1. The van der Waals surface area contributed by atoms with Crippen LogP contribution in [0.4, 0.5) is 5.69 Å². The summed E-state index contributed by atoms with van der Waals surface area (Å²) in [6.07, 6.45) is 3.20. The second kappa shape index (κ2) is 6.78. The Hall–Kier alpha value is -2.26. The van der Waals surface area contributed by atoms with Gasteiger partial charge in [-0.2, -0.15) is 0 Å². The molecular weight excluding hydrogens is 272 g/mol. The van der Waals surface area contributed by atoms with E-state index in [-0.39, 0.29) is 5.91 Å². The van der Waals surface area contributed by atoms with Crippen LogP contribution in [0.2, 0.25) is 5.02 Å². The van der Waals surface area contributed by atoms with Crippen LogP contribution >= 0.6 is 11.6 Å². The fourth-order valence-electron chi connectivity index (χ4n) is 1.70. The van der Waals surface area contributed by atoms with Crippen molar-refractivity contribution >= 4 is 29.3 Å². The number of rotatable bonds is 4. The van der Waals surface area contributed by atoms with E-state index in [4.69, 9.17) is 11.6 Å². The Bertz CT molecular complexity index is 611. The van der Waals surface area contributed by atoms with E-state index in [0.29, 0.717) is 5.02 Å². The van der Waals surface area contributed by atoms with Crippen molar-refractivity contribution in [1.29, 1.82) is 0 Å². The van der Waals surface area contributed by atoms with E-state index in [1.807, 2.05) is 42.5 Å². The summed E-state index contributed by atoms with van der Waals surface area (Å²) in [7, 11) is 1.79. The molecule has 0 heterocycles. The Labute approximate surface area is 123 Å². The summed E-state index contributed by atoms with van der Waals surface area (Å²) in [6, 6.07) is 16.9. The number of nitrogens with zero attached hydrogens (tertiary/aromatic N) is 1. The van der Waals surface area contributed by atoms with Crippen LogP contribution in [-0.2, 0) is 4.79 Å². The molecule has 2 aromatic rings. The van der Waals surface area contributed by atoms with Gasteiger partial charge in [0.1, 0.15) is 0 Å². The van der Waals surface area contributed by atoms with E-state index in [1.54, 1.807) is 30.3 Å². The molecule has 2 rings (SSSR count). The van der Waals surface area contributed by atoms with Gasteiger partial charge in [0, 0.05) is 18.1 Å². The lowest BCUT2D eigenvalue weighted by Gasteiger charge is -2.18. The van der Waals surface area contributed by atoms with Crippen molar-refractivity contribution in [2.45, 2.75) is 0 Å². The van der Waals surface area contributed by atoms with Crippen LogP contribution in [0.15, 0.2) is 60.7 Å².